The number of nitrogens with zero attached hydrogens (tertiary/aromatic N) is 4. The van der Waals surface area contributed by atoms with Gasteiger partial charge in [-0.15, -0.1) is 0 Å². The van der Waals surface area contributed by atoms with E-state index in [9.17, 15) is 13.6 Å². The number of aromatic nitrogens is 3. The Hall–Kier alpha value is -2.31. The number of amides is 1. The van der Waals surface area contributed by atoms with E-state index in [1.165, 1.54) is 29.5 Å². The maximum Gasteiger partial charge on any atom is 0.244 e. The first kappa shape index (κ1) is 16.5. The molecule has 0 radical (unpaired) electrons. The molecule has 7 heteroatoms. The second-order valence-corrected chi connectivity index (χ2v) is 6.22. The van der Waals surface area contributed by atoms with Crippen LogP contribution in [0.15, 0.2) is 30.9 Å². The lowest BCUT2D eigenvalue weighted by atomic mass is 9.91. The van der Waals surface area contributed by atoms with Crippen LogP contribution in [0.2, 0.25) is 0 Å². The highest BCUT2D eigenvalue weighted by atomic mass is 19.1. The lowest BCUT2D eigenvalue weighted by molar-refractivity contribution is -0.133. The van der Waals surface area contributed by atoms with Crippen molar-refractivity contribution in [1.82, 2.24) is 19.7 Å². The largest absolute Gasteiger partial charge is 0.341 e. The summed E-state index contributed by atoms with van der Waals surface area (Å²) in [5.74, 6) is -0.690. The molecule has 128 valence electrons. The van der Waals surface area contributed by atoms with Crippen molar-refractivity contribution in [3.8, 4) is 0 Å². The van der Waals surface area contributed by atoms with E-state index in [0.717, 1.165) is 31.9 Å². The molecule has 3 rings (SSSR count). The van der Waals surface area contributed by atoms with Gasteiger partial charge in [-0.05, 0) is 43.2 Å². The minimum absolute atomic E-state index is 0.0261. The van der Waals surface area contributed by atoms with Crippen molar-refractivity contribution >= 4 is 5.91 Å². The highest BCUT2D eigenvalue weighted by molar-refractivity contribution is 5.75. The number of carbonyl (C=O) groups excluding carboxylic acids is 1. The second kappa shape index (κ2) is 7.51. The molecular formula is C17H20F2N4O. The molecule has 1 aromatic carbocycles. The third-order valence-corrected chi connectivity index (χ3v) is 4.47. The van der Waals surface area contributed by atoms with Crippen molar-refractivity contribution in [2.75, 3.05) is 13.1 Å². The fourth-order valence-corrected chi connectivity index (χ4v) is 3.16. The lowest BCUT2D eigenvalue weighted by Gasteiger charge is -2.33. The fourth-order valence-electron chi connectivity index (χ4n) is 3.16. The van der Waals surface area contributed by atoms with E-state index >= 15 is 0 Å². The molecule has 0 saturated carbocycles. The van der Waals surface area contributed by atoms with Gasteiger partial charge in [0.15, 0.2) is 0 Å². The summed E-state index contributed by atoms with van der Waals surface area (Å²) in [6.45, 7) is 1.62. The predicted molar refractivity (Wildman–Crippen MR) is 84.0 cm³/mol. The van der Waals surface area contributed by atoms with Crippen molar-refractivity contribution in [2.45, 2.75) is 32.2 Å². The maximum absolute atomic E-state index is 13.7. The summed E-state index contributed by atoms with van der Waals surface area (Å²) in [7, 11) is 0. The molecule has 2 heterocycles. The number of carbonyl (C=O) groups is 1. The predicted octanol–water partition coefficient (Wildman–Crippen LogP) is 2.43. The maximum atomic E-state index is 13.7. The Kier molecular flexibility index (Phi) is 5.17. The fraction of sp³-hybridized carbons (Fsp3) is 0.471. The quantitative estimate of drug-likeness (QED) is 0.844. The number of halogens is 2. The molecule has 0 spiro atoms. The van der Waals surface area contributed by atoms with E-state index in [0.29, 0.717) is 24.4 Å². The van der Waals surface area contributed by atoms with Crippen molar-refractivity contribution in [3.05, 3.63) is 48.1 Å². The standard InChI is InChI=1S/C17H20F2N4O/c18-15-6-5-14(16(19)8-15)4-3-13-2-1-7-22(9-13)17(24)10-23-12-20-11-21-23/h5-6,8,11-13H,1-4,7,9-10H2/t13-/m0/s1. The second-order valence-electron chi connectivity index (χ2n) is 6.22. The minimum atomic E-state index is -0.557. The average molecular weight is 334 g/mol. The molecule has 0 N–H and O–H groups in total. The first-order chi connectivity index (χ1) is 11.6. The number of hydrogen-bond acceptors (Lipinski definition) is 3. The molecule has 2 aromatic rings. The van der Waals surface area contributed by atoms with Gasteiger partial charge in [0, 0.05) is 19.2 Å². The molecule has 1 saturated heterocycles. The van der Waals surface area contributed by atoms with Gasteiger partial charge in [0.2, 0.25) is 5.91 Å². The van der Waals surface area contributed by atoms with Gasteiger partial charge in [0.1, 0.15) is 30.8 Å². The molecule has 24 heavy (non-hydrogen) atoms. The molecule has 1 atom stereocenters. The van der Waals surface area contributed by atoms with Crippen LogP contribution in [0.5, 0.6) is 0 Å². The van der Waals surface area contributed by atoms with Gasteiger partial charge in [-0.1, -0.05) is 6.07 Å². The summed E-state index contributed by atoms with van der Waals surface area (Å²) in [6, 6.07) is 3.71. The Labute approximate surface area is 139 Å². The summed E-state index contributed by atoms with van der Waals surface area (Å²) in [4.78, 5) is 18.0. The van der Waals surface area contributed by atoms with E-state index in [1.807, 2.05) is 4.90 Å². The molecule has 1 aliphatic rings. The van der Waals surface area contributed by atoms with Gasteiger partial charge >= 0.3 is 0 Å². The van der Waals surface area contributed by atoms with E-state index in [2.05, 4.69) is 10.1 Å². The summed E-state index contributed by atoms with van der Waals surface area (Å²) < 4.78 is 28.2. The highest BCUT2D eigenvalue weighted by Crippen LogP contribution is 2.23. The normalized spacial score (nSPS) is 17.9. The molecule has 5 nitrogen and oxygen atoms in total. The molecule has 0 aliphatic carbocycles. The average Bonchev–Trinajstić information content (AvgIpc) is 3.07. The summed E-state index contributed by atoms with van der Waals surface area (Å²) in [6.07, 6.45) is 6.24. The van der Waals surface area contributed by atoms with Crippen LogP contribution in [0.25, 0.3) is 0 Å². The zero-order chi connectivity index (χ0) is 16.9. The van der Waals surface area contributed by atoms with Crippen LogP contribution in [0.3, 0.4) is 0 Å². The monoisotopic (exact) mass is 334 g/mol. The van der Waals surface area contributed by atoms with Crippen LogP contribution >= 0.6 is 0 Å². The van der Waals surface area contributed by atoms with Gasteiger partial charge in [0.25, 0.3) is 0 Å². The lowest BCUT2D eigenvalue weighted by Crippen LogP contribution is -2.41. The number of hydrogen-bond donors (Lipinski definition) is 0. The zero-order valence-electron chi connectivity index (χ0n) is 13.4. The molecule has 1 amide bonds. The third kappa shape index (κ3) is 4.15. The molecule has 1 aliphatic heterocycles. The number of benzene rings is 1. The number of piperidine rings is 1. The van der Waals surface area contributed by atoms with Crippen molar-refractivity contribution in [3.63, 3.8) is 0 Å². The van der Waals surface area contributed by atoms with Crippen molar-refractivity contribution in [1.29, 1.82) is 0 Å². The zero-order valence-corrected chi connectivity index (χ0v) is 13.4. The number of likely N-dealkylation sites (tertiary alicyclic amines) is 1. The Morgan fingerprint density at radius 1 is 1.33 bits per heavy atom. The molecule has 1 fully saturated rings. The van der Waals surface area contributed by atoms with Gasteiger partial charge in [0.05, 0.1) is 0 Å². The minimum Gasteiger partial charge on any atom is -0.341 e. The smallest absolute Gasteiger partial charge is 0.244 e. The van der Waals surface area contributed by atoms with E-state index in [4.69, 9.17) is 0 Å². The summed E-state index contributed by atoms with van der Waals surface area (Å²) in [5, 5.41) is 3.95. The van der Waals surface area contributed by atoms with Gasteiger partial charge in [-0.2, -0.15) is 5.10 Å². The first-order valence-electron chi connectivity index (χ1n) is 8.16. The van der Waals surface area contributed by atoms with Crippen LogP contribution < -0.4 is 0 Å². The van der Waals surface area contributed by atoms with E-state index in [1.54, 1.807) is 0 Å². The van der Waals surface area contributed by atoms with Gasteiger partial charge in [-0.3, -0.25) is 4.79 Å². The molecule has 0 unspecified atom stereocenters. The first-order valence-corrected chi connectivity index (χ1v) is 8.16. The summed E-state index contributed by atoms with van der Waals surface area (Å²) >= 11 is 0. The highest BCUT2D eigenvalue weighted by Gasteiger charge is 2.24. The van der Waals surface area contributed by atoms with Crippen LogP contribution in [0.1, 0.15) is 24.8 Å². The van der Waals surface area contributed by atoms with E-state index < -0.39 is 11.6 Å². The number of rotatable bonds is 5. The van der Waals surface area contributed by atoms with Crippen LogP contribution in [-0.4, -0.2) is 38.7 Å². The Morgan fingerprint density at radius 2 is 2.21 bits per heavy atom. The molecule has 1 aromatic heterocycles. The van der Waals surface area contributed by atoms with Gasteiger partial charge < -0.3 is 4.90 Å². The number of aryl methyl sites for hydroxylation is 1. The molecule has 0 bridgehead atoms. The summed E-state index contributed by atoms with van der Waals surface area (Å²) in [5.41, 5.74) is 0.530. The SMILES string of the molecule is O=C(Cn1cncn1)N1CCC[C@@H](CCc2ccc(F)cc2F)C1. The van der Waals surface area contributed by atoms with Crippen LogP contribution in [0.4, 0.5) is 8.78 Å². The third-order valence-electron chi connectivity index (χ3n) is 4.47. The van der Waals surface area contributed by atoms with Crippen molar-refractivity contribution < 1.29 is 13.6 Å². The van der Waals surface area contributed by atoms with Gasteiger partial charge in [-0.25, -0.2) is 18.4 Å². The van der Waals surface area contributed by atoms with Crippen LogP contribution in [-0.2, 0) is 17.8 Å². The van der Waals surface area contributed by atoms with E-state index in [-0.39, 0.29) is 12.5 Å². The Morgan fingerprint density at radius 3 is 2.96 bits per heavy atom. The Bertz CT molecular complexity index is 690. The topological polar surface area (TPSA) is 51.0 Å². The van der Waals surface area contributed by atoms with Crippen LogP contribution in [0, 0.1) is 17.6 Å². The molecular weight excluding hydrogens is 314 g/mol. The Balaban J connectivity index is 1.52. The van der Waals surface area contributed by atoms with Crippen molar-refractivity contribution in [2.24, 2.45) is 5.92 Å².